The van der Waals surface area contributed by atoms with Gasteiger partial charge in [0, 0.05) is 6.07 Å². The van der Waals surface area contributed by atoms with Crippen molar-refractivity contribution in [2.45, 2.75) is 13.2 Å². The van der Waals surface area contributed by atoms with Gasteiger partial charge in [-0.3, -0.25) is 0 Å². The molecule has 1 heterocycles. The van der Waals surface area contributed by atoms with Gasteiger partial charge in [-0.1, -0.05) is 23.7 Å². The van der Waals surface area contributed by atoms with E-state index in [1.165, 1.54) is 12.1 Å². The Bertz CT molecular complexity index is 771. The van der Waals surface area contributed by atoms with E-state index in [9.17, 15) is 4.39 Å². The second-order valence-electron chi connectivity index (χ2n) is 4.56. The van der Waals surface area contributed by atoms with Crippen LogP contribution in [0.3, 0.4) is 0 Å². The van der Waals surface area contributed by atoms with Gasteiger partial charge < -0.3 is 14.8 Å². The van der Waals surface area contributed by atoms with Crippen molar-refractivity contribution in [2.75, 3.05) is 0 Å². The number of ether oxygens (including phenoxy) is 1. The summed E-state index contributed by atoms with van der Waals surface area (Å²) in [6, 6.07) is 9.47. The molecule has 108 valence electrons. The molecule has 0 saturated carbocycles. The zero-order valence-corrected chi connectivity index (χ0v) is 11.7. The number of imidazole rings is 1. The number of aromatic amines is 1. The third-order valence-corrected chi connectivity index (χ3v) is 3.34. The van der Waals surface area contributed by atoms with Gasteiger partial charge in [-0.15, -0.1) is 0 Å². The summed E-state index contributed by atoms with van der Waals surface area (Å²) >= 11 is 6.15. The third kappa shape index (κ3) is 2.99. The molecule has 2 N–H and O–H groups in total. The van der Waals surface area contributed by atoms with Crippen molar-refractivity contribution in [3.8, 4) is 5.75 Å². The van der Waals surface area contributed by atoms with Crippen LogP contribution in [0.1, 0.15) is 11.4 Å². The quantitative estimate of drug-likeness (QED) is 0.776. The van der Waals surface area contributed by atoms with Crippen molar-refractivity contribution in [2.24, 2.45) is 0 Å². The van der Waals surface area contributed by atoms with Crippen LogP contribution in [-0.4, -0.2) is 15.1 Å². The molecule has 0 unspecified atom stereocenters. The molecule has 0 radical (unpaired) electrons. The van der Waals surface area contributed by atoms with Gasteiger partial charge in [0.15, 0.2) is 0 Å². The molecule has 4 nitrogen and oxygen atoms in total. The van der Waals surface area contributed by atoms with Gasteiger partial charge in [0.25, 0.3) is 0 Å². The van der Waals surface area contributed by atoms with Gasteiger partial charge in [0.2, 0.25) is 0 Å². The summed E-state index contributed by atoms with van der Waals surface area (Å²) in [5.41, 5.74) is 2.24. The van der Waals surface area contributed by atoms with E-state index in [-0.39, 0.29) is 19.0 Å². The average molecular weight is 307 g/mol. The summed E-state index contributed by atoms with van der Waals surface area (Å²) in [5, 5.41) is 9.51. The lowest BCUT2D eigenvalue weighted by molar-refractivity contribution is 0.273. The number of aromatic nitrogens is 2. The summed E-state index contributed by atoms with van der Waals surface area (Å²) in [6.07, 6.45) is 0. The van der Waals surface area contributed by atoms with Crippen molar-refractivity contribution in [3.05, 3.63) is 58.6 Å². The van der Waals surface area contributed by atoms with Crippen LogP contribution in [0.25, 0.3) is 11.0 Å². The Morgan fingerprint density at radius 2 is 2.00 bits per heavy atom. The number of H-pyrrole nitrogens is 1. The zero-order chi connectivity index (χ0) is 14.8. The van der Waals surface area contributed by atoms with Crippen LogP contribution in [-0.2, 0) is 13.2 Å². The number of fused-ring (bicyclic) bond motifs is 1. The lowest BCUT2D eigenvalue weighted by atomic mass is 10.2. The molecule has 2 aromatic carbocycles. The first-order valence-electron chi connectivity index (χ1n) is 6.32. The standard InChI is InChI=1S/C15H12ClFN2O2/c16-11-5-12-13(19-15(7-20)18-12)6-14(11)21-8-9-1-3-10(17)4-2-9/h1-6,20H,7-8H2,(H,18,19). The number of rotatable bonds is 4. The van der Waals surface area contributed by atoms with Crippen LogP contribution in [0, 0.1) is 5.82 Å². The number of aliphatic hydroxyl groups is 1. The Balaban J connectivity index is 1.82. The topological polar surface area (TPSA) is 58.1 Å². The van der Waals surface area contributed by atoms with Crippen LogP contribution >= 0.6 is 11.6 Å². The molecule has 0 spiro atoms. The molecule has 0 bridgehead atoms. The summed E-state index contributed by atoms with van der Waals surface area (Å²) in [4.78, 5) is 7.16. The first-order valence-corrected chi connectivity index (χ1v) is 6.70. The normalized spacial score (nSPS) is 11.0. The van der Waals surface area contributed by atoms with Crippen molar-refractivity contribution in [1.29, 1.82) is 0 Å². The minimum atomic E-state index is -0.286. The molecular weight excluding hydrogens is 295 g/mol. The first-order chi connectivity index (χ1) is 10.2. The highest BCUT2D eigenvalue weighted by Crippen LogP contribution is 2.29. The predicted molar refractivity (Wildman–Crippen MR) is 77.8 cm³/mol. The molecule has 3 aromatic rings. The van der Waals surface area contributed by atoms with E-state index in [4.69, 9.17) is 21.4 Å². The van der Waals surface area contributed by atoms with E-state index in [1.807, 2.05) is 0 Å². The largest absolute Gasteiger partial charge is 0.487 e. The van der Waals surface area contributed by atoms with E-state index in [0.717, 1.165) is 11.1 Å². The maximum absolute atomic E-state index is 12.8. The highest BCUT2D eigenvalue weighted by molar-refractivity contribution is 6.32. The number of nitrogens with one attached hydrogen (secondary N) is 1. The van der Waals surface area contributed by atoms with Crippen molar-refractivity contribution >= 4 is 22.6 Å². The predicted octanol–water partition coefficient (Wildman–Crippen LogP) is 3.43. The Morgan fingerprint density at radius 3 is 2.71 bits per heavy atom. The SMILES string of the molecule is OCc1nc2cc(OCc3ccc(F)cc3)c(Cl)cc2[nH]1. The van der Waals surface area contributed by atoms with E-state index in [2.05, 4.69) is 9.97 Å². The fraction of sp³-hybridized carbons (Fsp3) is 0.133. The molecular formula is C15H12ClFN2O2. The molecule has 0 aliphatic carbocycles. The van der Waals surface area contributed by atoms with Crippen LogP contribution in [0.5, 0.6) is 5.75 Å². The summed E-state index contributed by atoms with van der Waals surface area (Å²) in [7, 11) is 0. The average Bonchev–Trinajstić information content (AvgIpc) is 2.88. The van der Waals surface area contributed by atoms with Crippen LogP contribution in [0.15, 0.2) is 36.4 Å². The highest BCUT2D eigenvalue weighted by atomic mass is 35.5. The molecule has 0 fully saturated rings. The monoisotopic (exact) mass is 306 g/mol. The van der Waals surface area contributed by atoms with E-state index in [0.29, 0.717) is 22.1 Å². The minimum absolute atomic E-state index is 0.169. The smallest absolute Gasteiger partial charge is 0.140 e. The van der Waals surface area contributed by atoms with E-state index in [1.54, 1.807) is 24.3 Å². The molecule has 3 rings (SSSR count). The van der Waals surface area contributed by atoms with Crippen molar-refractivity contribution in [1.82, 2.24) is 9.97 Å². The molecule has 0 atom stereocenters. The Kier molecular flexibility index (Phi) is 3.77. The van der Waals surface area contributed by atoms with Gasteiger partial charge in [-0.2, -0.15) is 0 Å². The van der Waals surface area contributed by atoms with Crippen LogP contribution in [0.2, 0.25) is 5.02 Å². The van der Waals surface area contributed by atoms with Crippen molar-refractivity contribution in [3.63, 3.8) is 0 Å². The van der Waals surface area contributed by atoms with Crippen molar-refractivity contribution < 1.29 is 14.2 Å². The molecule has 0 aliphatic heterocycles. The van der Waals surface area contributed by atoms with Crippen LogP contribution in [0.4, 0.5) is 4.39 Å². The zero-order valence-electron chi connectivity index (χ0n) is 10.9. The van der Waals surface area contributed by atoms with Gasteiger partial charge in [-0.05, 0) is 23.8 Å². The molecule has 0 saturated heterocycles. The Labute approximate surface area is 125 Å². The molecule has 6 heteroatoms. The lowest BCUT2D eigenvalue weighted by Gasteiger charge is -2.08. The van der Waals surface area contributed by atoms with Gasteiger partial charge in [0.05, 0.1) is 16.1 Å². The van der Waals surface area contributed by atoms with Gasteiger partial charge in [0.1, 0.15) is 30.6 Å². The lowest BCUT2D eigenvalue weighted by Crippen LogP contribution is -1.96. The van der Waals surface area contributed by atoms with Crippen LogP contribution < -0.4 is 4.74 Å². The summed E-state index contributed by atoms with van der Waals surface area (Å²) in [6.45, 7) is 0.112. The third-order valence-electron chi connectivity index (χ3n) is 3.04. The second kappa shape index (κ2) is 5.71. The first kappa shape index (κ1) is 13.9. The van der Waals surface area contributed by atoms with E-state index < -0.39 is 0 Å². The Morgan fingerprint density at radius 1 is 1.24 bits per heavy atom. The number of benzene rings is 2. The second-order valence-corrected chi connectivity index (χ2v) is 4.96. The maximum atomic E-state index is 12.8. The number of hydrogen-bond donors (Lipinski definition) is 2. The summed E-state index contributed by atoms with van der Waals surface area (Å²) < 4.78 is 18.5. The molecule has 0 aliphatic rings. The fourth-order valence-electron chi connectivity index (χ4n) is 1.99. The summed E-state index contributed by atoms with van der Waals surface area (Å²) in [5.74, 6) is 0.674. The number of hydrogen-bond acceptors (Lipinski definition) is 3. The highest BCUT2D eigenvalue weighted by Gasteiger charge is 2.09. The Hall–Kier alpha value is -2.11. The maximum Gasteiger partial charge on any atom is 0.140 e. The fourth-order valence-corrected chi connectivity index (χ4v) is 2.21. The minimum Gasteiger partial charge on any atom is -0.487 e. The molecule has 0 amide bonds. The van der Waals surface area contributed by atoms with Gasteiger partial charge >= 0.3 is 0 Å². The van der Waals surface area contributed by atoms with E-state index >= 15 is 0 Å². The number of aliphatic hydroxyl groups excluding tert-OH is 1. The number of nitrogens with zero attached hydrogens (tertiary/aromatic N) is 1. The van der Waals surface area contributed by atoms with Gasteiger partial charge in [-0.25, -0.2) is 9.37 Å². The molecule has 21 heavy (non-hydrogen) atoms. The number of halogens is 2. The molecule has 1 aromatic heterocycles.